The Morgan fingerprint density at radius 2 is 1.78 bits per heavy atom. The zero-order valence-electron chi connectivity index (χ0n) is 16.5. The molecule has 0 saturated carbocycles. The molecule has 0 unspecified atom stereocenters. The fourth-order valence-corrected chi connectivity index (χ4v) is 4.45. The Kier molecular flexibility index (Phi) is 8.22. The Morgan fingerprint density at radius 3 is 2.33 bits per heavy atom. The molecule has 0 bridgehead atoms. The molecule has 1 N–H and O–H groups in total. The van der Waals surface area contributed by atoms with Gasteiger partial charge in [0.1, 0.15) is 0 Å². The molecule has 1 aromatic carbocycles. The van der Waals surface area contributed by atoms with Crippen LogP contribution in [0.4, 0.5) is 0 Å². The van der Waals surface area contributed by atoms with Crippen molar-refractivity contribution in [2.75, 3.05) is 39.4 Å². The first-order chi connectivity index (χ1) is 12.9. The summed E-state index contributed by atoms with van der Waals surface area (Å²) in [7, 11) is -3.46. The average Bonchev–Trinajstić information content (AvgIpc) is 2.68. The third-order valence-corrected chi connectivity index (χ3v) is 6.70. The summed E-state index contributed by atoms with van der Waals surface area (Å²) >= 11 is 0. The second-order valence-electron chi connectivity index (χ2n) is 6.71. The van der Waals surface area contributed by atoms with Crippen LogP contribution < -0.4 is 5.32 Å². The summed E-state index contributed by atoms with van der Waals surface area (Å²) in [6.45, 7) is 9.63. The van der Waals surface area contributed by atoms with Crippen LogP contribution in [0.1, 0.15) is 32.8 Å². The van der Waals surface area contributed by atoms with Gasteiger partial charge in [-0.15, -0.1) is 0 Å². The minimum Gasteiger partial charge on any atom is -0.379 e. The smallest absolute Gasteiger partial charge is 0.243 e. The van der Waals surface area contributed by atoms with Gasteiger partial charge >= 0.3 is 0 Å². The quantitative estimate of drug-likeness (QED) is 0.682. The van der Waals surface area contributed by atoms with Crippen molar-refractivity contribution < 1.29 is 17.9 Å². The van der Waals surface area contributed by atoms with Gasteiger partial charge in [0.15, 0.2) is 0 Å². The summed E-state index contributed by atoms with van der Waals surface area (Å²) in [4.78, 5) is 14.3. The molecular formula is C19H31N3O4S. The van der Waals surface area contributed by atoms with Gasteiger partial charge in [-0.05, 0) is 38.5 Å². The van der Waals surface area contributed by atoms with E-state index in [1.54, 1.807) is 12.1 Å². The van der Waals surface area contributed by atoms with E-state index in [4.69, 9.17) is 4.74 Å². The molecule has 0 spiro atoms. The van der Waals surface area contributed by atoms with Crippen molar-refractivity contribution in [2.45, 2.75) is 44.7 Å². The molecule has 0 aliphatic carbocycles. The van der Waals surface area contributed by atoms with Crippen LogP contribution >= 0.6 is 0 Å². The van der Waals surface area contributed by atoms with E-state index in [1.165, 1.54) is 4.31 Å². The predicted molar refractivity (Wildman–Crippen MR) is 105 cm³/mol. The maximum Gasteiger partial charge on any atom is 0.243 e. The molecule has 1 fully saturated rings. The lowest BCUT2D eigenvalue weighted by Gasteiger charge is -2.26. The number of hydrogen-bond donors (Lipinski definition) is 1. The molecule has 0 aromatic heterocycles. The molecule has 7 nitrogen and oxygen atoms in total. The van der Waals surface area contributed by atoms with Crippen LogP contribution in [0.2, 0.25) is 0 Å². The van der Waals surface area contributed by atoms with E-state index >= 15 is 0 Å². The van der Waals surface area contributed by atoms with E-state index in [9.17, 15) is 13.2 Å². The number of sulfonamides is 1. The number of nitrogens with zero attached hydrogens (tertiary/aromatic N) is 2. The van der Waals surface area contributed by atoms with Crippen LogP contribution in [-0.4, -0.2) is 69.0 Å². The van der Waals surface area contributed by atoms with E-state index in [0.29, 0.717) is 44.2 Å². The summed E-state index contributed by atoms with van der Waals surface area (Å²) in [6.07, 6.45) is 0.450. The van der Waals surface area contributed by atoms with E-state index in [-0.39, 0.29) is 11.9 Å². The van der Waals surface area contributed by atoms with Crippen molar-refractivity contribution in [1.82, 2.24) is 14.5 Å². The summed E-state index contributed by atoms with van der Waals surface area (Å²) in [5.74, 6) is 0.145. The van der Waals surface area contributed by atoms with Crippen LogP contribution in [0, 0.1) is 0 Å². The molecule has 0 radical (unpaired) electrons. The molecule has 152 valence electrons. The van der Waals surface area contributed by atoms with Gasteiger partial charge in [0.05, 0.1) is 18.1 Å². The molecule has 1 aromatic rings. The average molecular weight is 398 g/mol. The monoisotopic (exact) mass is 397 g/mol. The normalized spacial score (nSPS) is 16.9. The summed E-state index contributed by atoms with van der Waals surface area (Å²) in [5, 5.41) is 3.33. The van der Waals surface area contributed by atoms with E-state index < -0.39 is 10.0 Å². The van der Waals surface area contributed by atoms with Gasteiger partial charge in [-0.25, -0.2) is 8.42 Å². The Morgan fingerprint density at radius 1 is 1.19 bits per heavy atom. The van der Waals surface area contributed by atoms with Crippen LogP contribution in [0.5, 0.6) is 0 Å². The minimum absolute atomic E-state index is 0.0508. The first kappa shape index (κ1) is 21.8. The molecular weight excluding hydrogens is 366 g/mol. The summed E-state index contributed by atoms with van der Waals surface area (Å²) < 4.78 is 31.9. The number of carbonyl (C=O) groups is 1. The highest BCUT2D eigenvalue weighted by molar-refractivity contribution is 7.89. The van der Waals surface area contributed by atoms with Gasteiger partial charge in [0.2, 0.25) is 15.9 Å². The van der Waals surface area contributed by atoms with E-state index in [1.807, 2.05) is 37.8 Å². The highest BCUT2D eigenvalue weighted by Gasteiger charge is 2.26. The number of carbonyl (C=O) groups excluding carboxylic acids is 1. The molecule has 8 heteroatoms. The highest BCUT2D eigenvalue weighted by Crippen LogP contribution is 2.17. The fraction of sp³-hybridized carbons (Fsp3) is 0.632. The molecule has 27 heavy (non-hydrogen) atoms. The number of morpholine rings is 1. The molecule has 1 atom stereocenters. The van der Waals surface area contributed by atoms with Crippen molar-refractivity contribution in [3.8, 4) is 0 Å². The fourth-order valence-electron chi connectivity index (χ4n) is 3.05. The molecule has 2 rings (SSSR count). The van der Waals surface area contributed by atoms with E-state index in [0.717, 1.165) is 18.7 Å². The number of rotatable bonds is 9. The molecule has 1 aliphatic heterocycles. The molecule has 1 amide bonds. The van der Waals surface area contributed by atoms with Crippen molar-refractivity contribution in [3.05, 3.63) is 29.8 Å². The lowest BCUT2D eigenvalue weighted by Crippen LogP contribution is -2.40. The molecule has 1 heterocycles. The number of ether oxygens (including phenoxy) is 1. The van der Waals surface area contributed by atoms with Crippen molar-refractivity contribution in [2.24, 2.45) is 0 Å². The third kappa shape index (κ3) is 6.00. The van der Waals surface area contributed by atoms with Crippen LogP contribution in [0.25, 0.3) is 0 Å². The largest absolute Gasteiger partial charge is 0.379 e. The lowest BCUT2D eigenvalue weighted by atomic mass is 10.1. The first-order valence-corrected chi connectivity index (χ1v) is 11.0. The number of nitrogens with one attached hydrogen (secondary N) is 1. The van der Waals surface area contributed by atoms with Crippen molar-refractivity contribution in [1.29, 1.82) is 0 Å². The number of amides is 1. The van der Waals surface area contributed by atoms with Crippen LogP contribution in [-0.2, 0) is 26.1 Å². The second-order valence-corrected chi connectivity index (χ2v) is 8.65. The second kappa shape index (κ2) is 10.2. The number of hydrogen-bond acceptors (Lipinski definition) is 5. The number of benzene rings is 1. The van der Waals surface area contributed by atoms with Gasteiger partial charge in [-0.2, -0.15) is 4.31 Å². The standard InChI is InChI=1S/C19H31N3O4S/c1-4-21(5-2)19(23)14-16(3)20-15-17-6-8-18(9-7-17)27(24,25)22-10-12-26-13-11-22/h6-9,16,20H,4-5,10-15H2,1-3H3/t16-/m0/s1. The summed E-state index contributed by atoms with van der Waals surface area (Å²) in [6, 6.07) is 6.98. The lowest BCUT2D eigenvalue weighted by molar-refractivity contribution is -0.131. The van der Waals surface area contributed by atoms with Gasteiger partial charge in [-0.3, -0.25) is 4.79 Å². The van der Waals surface area contributed by atoms with Gasteiger partial charge in [0.25, 0.3) is 0 Å². The predicted octanol–water partition coefficient (Wildman–Crippen LogP) is 1.44. The third-order valence-electron chi connectivity index (χ3n) is 4.78. The van der Waals surface area contributed by atoms with Gasteiger partial charge in [0, 0.05) is 45.2 Å². The van der Waals surface area contributed by atoms with Gasteiger partial charge in [-0.1, -0.05) is 12.1 Å². The Hall–Kier alpha value is -1.48. The topological polar surface area (TPSA) is 79.0 Å². The van der Waals surface area contributed by atoms with Crippen LogP contribution in [0.3, 0.4) is 0 Å². The summed E-state index contributed by atoms with van der Waals surface area (Å²) in [5.41, 5.74) is 0.984. The highest BCUT2D eigenvalue weighted by atomic mass is 32.2. The van der Waals surface area contributed by atoms with Crippen LogP contribution in [0.15, 0.2) is 29.2 Å². The Labute approximate surface area is 162 Å². The van der Waals surface area contributed by atoms with Crippen molar-refractivity contribution in [3.63, 3.8) is 0 Å². The SMILES string of the molecule is CCN(CC)C(=O)C[C@H](C)NCc1ccc(S(=O)(=O)N2CCOCC2)cc1. The Bertz CT molecular complexity index is 696. The zero-order chi connectivity index (χ0) is 19.9. The van der Waals surface area contributed by atoms with Crippen molar-refractivity contribution >= 4 is 15.9 Å². The Balaban J connectivity index is 1.89. The first-order valence-electron chi connectivity index (χ1n) is 9.56. The molecule has 1 saturated heterocycles. The zero-order valence-corrected chi connectivity index (χ0v) is 17.3. The maximum absolute atomic E-state index is 12.6. The minimum atomic E-state index is -3.46. The molecule has 1 aliphatic rings. The van der Waals surface area contributed by atoms with E-state index in [2.05, 4.69) is 5.32 Å². The van der Waals surface area contributed by atoms with Gasteiger partial charge < -0.3 is 15.0 Å². The maximum atomic E-state index is 12.6.